The van der Waals surface area contributed by atoms with E-state index in [-0.39, 0.29) is 31.1 Å². The number of carbonyl (C=O) groups is 3. The molecule has 0 heterocycles. The van der Waals surface area contributed by atoms with Crippen LogP contribution in [0.25, 0.3) is 0 Å². The van der Waals surface area contributed by atoms with Crippen LogP contribution in [-0.2, 0) is 28.6 Å². The average molecular weight is 990 g/mol. The number of ether oxygens (including phenoxy) is 3. The molecular weight excluding hydrogens is 877 g/mol. The molecule has 408 valence electrons. The largest absolute Gasteiger partial charge is 0.462 e. The predicted molar refractivity (Wildman–Crippen MR) is 307 cm³/mol. The highest BCUT2D eigenvalue weighted by atomic mass is 16.6. The summed E-state index contributed by atoms with van der Waals surface area (Å²) in [5, 5.41) is 0. The van der Waals surface area contributed by atoms with Crippen LogP contribution in [0.15, 0.2) is 85.1 Å². The maximum Gasteiger partial charge on any atom is 0.306 e. The monoisotopic (exact) mass is 989 g/mol. The molecule has 0 aromatic rings. The molecule has 0 rings (SSSR count). The lowest BCUT2D eigenvalue weighted by atomic mass is 10.0. The van der Waals surface area contributed by atoms with Gasteiger partial charge in [-0.3, -0.25) is 14.4 Å². The Balaban J connectivity index is 4.43. The van der Waals surface area contributed by atoms with E-state index < -0.39 is 6.10 Å². The second-order valence-corrected chi connectivity index (χ2v) is 20.0. The van der Waals surface area contributed by atoms with Crippen LogP contribution >= 0.6 is 0 Å². The molecule has 1 atom stereocenters. The minimum atomic E-state index is -0.795. The van der Waals surface area contributed by atoms with Gasteiger partial charge in [0.05, 0.1) is 0 Å². The van der Waals surface area contributed by atoms with Crippen molar-refractivity contribution in [3.63, 3.8) is 0 Å². The van der Waals surface area contributed by atoms with Crippen molar-refractivity contribution in [3.05, 3.63) is 85.1 Å². The zero-order valence-corrected chi connectivity index (χ0v) is 46.7. The van der Waals surface area contributed by atoms with E-state index >= 15 is 0 Å². The maximum absolute atomic E-state index is 12.9. The number of rotatable bonds is 54. The van der Waals surface area contributed by atoms with E-state index in [4.69, 9.17) is 14.2 Å². The third-order valence-electron chi connectivity index (χ3n) is 13.0. The lowest BCUT2D eigenvalue weighted by Crippen LogP contribution is -2.30. The lowest BCUT2D eigenvalue weighted by Gasteiger charge is -2.18. The van der Waals surface area contributed by atoms with Gasteiger partial charge in [-0.15, -0.1) is 0 Å². The molecule has 0 fully saturated rings. The van der Waals surface area contributed by atoms with E-state index in [0.717, 1.165) is 109 Å². The summed E-state index contributed by atoms with van der Waals surface area (Å²) in [4.78, 5) is 38.2. The third-order valence-corrected chi connectivity index (χ3v) is 13.0. The molecule has 0 aliphatic carbocycles. The van der Waals surface area contributed by atoms with Crippen molar-refractivity contribution in [1.82, 2.24) is 0 Å². The van der Waals surface area contributed by atoms with E-state index in [1.54, 1.807) is 0 Å². The Hall–Kier alpha value is -3.41. The van der Waals surface area contributed by atoms with Gasteiger partial charge < -0.3 is 14.2 Å². The summed E-state index contributed by atoms with van der Waals surface area (Å²) in [6.07, 6.45) is 77.1. The highest BCUT2D eigenvalue weighted by Crippen LogP contribution is 2.16. The fourth-order valence-corrected chi connectivity index (χ4v) is 8.47. The molecule has 6 nitrogen and oxygen atoms in total. The fourth-order valence-electron chi connectivity index (χ4n) is 8.47. The number of hydrogen-bond acceptors (Lipinski definition) is 6. The number of allylic oxidation sites excluding steroid dienone is 14. The topological polar surface area (TPSA) is 78.9 Å². The molecule has 0 N–H and O–H groups in total. The summed E-state index contributed by atoms with van der Waals surface area (Å²) in [6, 6.07) is 0. The predicted octanol–water partition coefficient (Wildman–Crippen LogP) is 20.3. The van der Waals surface area contributed by atoms with E-state index in [1.807, 2.05) is 0 Å². The van der Waals surface area contributed by atoms with Crippen molar-refractivity contribution in [2.24, 2.45) is 0 Å². The third kappa shape index (κ3) is 57.4. The van der Waals surface area contributed by atoms with Crippen LogP contribution in [0.2, 0.25) is 0 Å². The standard InChI is InChI=1S/C65H112O6/c1-4-7-10-13-16-19-22-25-28-31-33-35-37-40-43-46-49-52-55-58-64(67)70-61-62(60-69-63(66)57-54-51-48-45-42-39-36-30-27-24-21-18-15-12-9-6-3)71-65(68)59-56-53-50-47-44-41-38-34-32-29-26-23-20-17-14-11-8-5-2/h9,12,17-18,20-21,23,26-27,29-30,32,34,38,62H,4-8,10-11,13-16,19,22,24-25,28,31,33,35-37,39-61H2,1-3H3/b12-9-,20-17-,21-18-,26-23-,30-27-,32-29-,38-34-. The fraction of sp³-hybridized carbons (Fsp3) is 0.738. The van der Waals surface area contributed by atoms with E-state index in [0.29, 0.717) is 19.3 Å². The summed E-state index contributed by atoms with van der Waals surface area (Å²) in [5.41, 5.74) is 0. The Morgan fingerprint density at radius 1 is 0.310 bits per heavy atom. The molecule has 0 bridgehead atoms. The molecule has 0 aliphatic rings. The minimum absolute atomic E-state index is 0.0886. The molecule has 0 saturated carbocycles. The van der Waals surface area contributed by atoms with Gasteiger partial charge in [-0.25, -0.2) is 0 Å². The van der Waals surface area contributed by atoms with Crippen molar-refractivity contribution in [3.8, 4) is 0 Å². The van der Waals surface area contributed by atoms with Gasteiger partial charge in [0.25, 0.3) is 0 Å². The highest BCUT2D eigenvalue weighted by Gasteiger charge is 2.19. The summed E-state index contributed by atoms with van der Waals surface area (Å²) in [7, 11) is 0. The molecular formula is C65H112O6. The maximum atomic E-state index is 12.9. The average Bonchev–Trinajstić information content (AvgIpc) is 3.37. The SMILES string of the molecule is CC/C=C\C/C=C\C/C=C\CCCCCCCCC(=O)OCC(COC(=O)CCCCCCCCCCCCCCCCCCCCC)OC(=O)CCCCCCC\C=C/C=C\C=C/C=C\CCCCC. The number of unbranched alkanes of at least 4 members (excludes halogenated alkanes) is 32. The summed E-state index contributed by atoms with van der Waals surface area (Å²) in [5.74, 6) is -0.915. The molecule has 0 saturated heterocycles. The Bertz CT molecular complexity index is 1370. The Morgan fingerprint density at radius 3 is 1.01 bits per heavy atom. The van der Waals surface area contributed by atoms with Gasteiger partial charge in [-0.1, -0.05) is 279 Å². The van der Waals surface area contributed by atoms with Crippen LogP contribution in [0, 0.1) is 0 Å². The van der Waals surface area contributed by atoms with Crippen molar-refractivity contribution in [2.45, 2.75) is 297 Å². The number of esters is 3. The number of hydrogen-bond donors (Lipinski definition) is 0. The molecule has 0 aliphatic heterocycles. The Morgan fingerprint density at radius 2 is 0.606 bits per heavy atom. The van der Waals surface area contributed by atoms with Gasteiger partial charge in [0.1, 0.15) is 13.2 Å². The summed E-state index contributed by atoms with van der Waals surface area (Å²) >= 11 is 0. The second-order valence-electron chi connectivity index (χ2n) is 20.0. The van der Waals surface area contributed by atoms with Crippen LogP contribution < -0.4 is 0 Å². The first-order valence-corrected chi connectivity index (χ1v) is 30.1. The summed E-state index contributed by atoms with van der Waals surface area (Å²) < 4.78 is 16.9. The van der Waals surface area contributed by atoms with Crippen LogP contribution in [0.3, 0.4) is 0 Å². The zero-order valence-electron chi connectivity index (χ0n) is 46.7. The van der Waals surface area contributed by atoms with Gasteiger partial charge in [-0.2, -0.15) is 0 Å². The molecule has 71 heavy (non-hydrogen) atoms. The van der Waals surface area contributed by atoms with Gasteiger partial charge in [0, 0.05) is 19.3 Å². The highest BCUT2D eigenvalue weighted by molar-refractivity contribution is 5.71. The van der Waals surface area contributed by atoms with Crippen molar-refractivity contribution in [1.29, 1.82) is 0 Å². The lowest BCUT2D eigenvalue weighted by molar-refractivity contribution is -0.167. The van der Waals surface area contributed by atoms with Gasteiger partial charge >= 0.3 is 17.9 Å². The van der Waals surface area contributed by atoms with Crippen molar-refractivity contribution < 1.29 is 28.6 Å². The first-order chi connectivity index (χ1) is 35.0. The van der Waals surface area contributed by atoms with E-state index in [2.05, 4.69) is 106 Å². The van der Waals surface area contributed by atoms with Crippen molar-refractivity contribution in [2.75, 3.05) is 13.2 Å². The smallest absolute Gasteiger partial charge is 0.306 e. The van der Waals surface area contributed by atoms with Crippen LogP contribution in [0.1, 0.15) is 290 Å². The molecule has 0 amide bonds. The molecule has 0 aromatic carbocycles. The molecule has 0 aromatic heterocycles. The van der Waals surface area contributed by atoms with Gasteiger partial charge in [0.15, 0.2) is 6.10 Å². The van der Waals surface area contributed by atoms with Crippen molar-refractivity contribution >= 4 is 17.9 Å². The first kappa shape index (κ1) is 67.6. The van der Waals surface area contributed by atoms with Gasteiger partial charge in [-0.05, 0) is 77.0 Å². The molecule has 1 unspecified atom stereocenters. The van der Waals surface area contributed by atoms with Crippen LogP contribution in [0.4, 0.5) is 0 Å². The first-order valence-electron chi connectivity index (χ1n) is 30.1. The second kappa shape index (κ2) is 59.2. The minimum Gasteiger partial charge on any atom is -0.462 e. The Labute approximate surface area is 439 Å². The Kier molecular flexibility index (Phi) is 56.3. The summed E-state index contributed by atoms with van der Waals surface area (Å²) in [6.45, 7) is 6.49. The number of carbonyl (C=O) groups excluding carboxylic acids is 3. The van der Waals surface area contributed by atoms with Gasteiger partial charge in [0.2, 0.25) is 0 Å². The van der Waals surface area contributed by atoms with Crippen LogP contribution in [-0.4, -0.2) is 37.2 Å². The molecule has 6 heteroatoms. The van der Waals surface area contributed by atoms with E-state index in [9.17, 15) is 14.4 Å². The normalized spacial score (nSPS) is 12.7. The van der Waals surface area contributed by atoms with E-state index in [1.165, 1.54) is 141 Å². The molecule has 0 radical (unpaired) electrons. The zero-order chi connectivity index (χ0) is 51.4. The quantitative estimate of drug-likeness (QED) is 0.0199. The van der Waals surface area contributed by atoms with Crippen LogP contribution in [0.5, 0.6) is 0 Å². The molecule has 0 spiro atoms.